The zero-order chi connectivity index (χ0) is 20.9. The molecular formula is C23H29N3O3. The first-order valence-corrected chi connectivity index (χ1v) is 10.2. The van der Waals surface area contributed by atoms with Crippen LogP contribution in [-0.4, -0.2) is 53.5 Å². The lowest BCUT2D eigenvalue weighted by molar-refractivity contribution is -0.167. The van der Waals surface area contributed by atoms with Gasteiger partial charge in [0.1, 0.15) is 0 Å². The number of aromatic nitrogens is 1. The Morgan fingerprint density at radius 1 is 1.24 bits per heavy atom. The molecule has 0 bridgehead atoms. The lowest BCUT2D eigenvalue weighted by Gasteiger charge is -2.42. The third kappa shape index (κ3) is 4.65. The average Bonchev–Trinajstić information content (AvgIpc) is 2.74. The zero-order valence-electron chi connectivity index (χ0n) is 17.4. The number of carbonyl (C=O) groups is 2. The number of hydrogen-bond acceptors (Lipinski definition) is 4. The Labute approximate surface area is 172 Å². The SMILES string of the molecule is CCNC(=O)C1(Cc2ccccc2-c2cccnc2)CN(C(=O)C(C)C)CCO1. The van der Waals surface area contributed by atoms with Crippen molar-refractivity contribution in [3.8, 4) is 11.1 Å². The van der Waals surface area contributed by atoms with Gasteiger partial charge in [0.2, 0.25) is 5.91 Å². The van der Waals surface area contributed by atoms with Gasteiger partial charge < -0.3 is 15.0 Å². The Morgan fingerprint density at radius 3 is 2.72 bits per heavy atom. The van der Waals surface area contributed by atoms with Crippen molar-refractivity contribution in [2.75, 3.05) is 26.2 Å². The van der Waals surface area contributed by atoms with E-state index in [4.69, 9.17) is 4.74 Å². The molecule has 0 aliphatic carbocycles. The molecule has 29 heavy (non-hydrogen) atoms. The molecule has 1 aliphatic rings. The van der Waals surface area contributed by atoms with Crippen LogP contribution in [-0.2, 0) is 20.7 Å². The van der Waals surface area contributed by atoms with Crippen LogP contribution in [0, 0.1) is 5.92 Å². The summed E-state index contributed by atoms with van der Waals surface area (Å²) in [4.78, 5) is 31.7. The topological polar surface area (TPSA) is 71.5 Å². The first kappa shape index (κ1) is 21.0. The van der Waals surface area contributed by atoms with Crippen molar-refractivity contribution in [1.29, 1.82) is 0 Å². The number of hydrogen-bond donors (Lipinski definition) is 1. The molecule has 2 heterocycles. The Bertz CT molecular complexity index is 853. The predicted molar refractivity (Wildman–Crippen MR) is 112 cm³/mol. The predicted octanol–water partition coefficient (Wildman–Crippen LogP) is 2.68. The second-order valence-electron chi connectivity index (χ2n) is 7.69. The summed E-state index contributed by atoms with van der Waals surface area (Å²) in [6.07, 6.45) is 3.93. The molecule has 1 atom stereocenters. The molecule has 2 amide bonds. The maximum absolute atomic E-state index is 13.1. The van der Waals surface area contributed by atoms with Gasteiger partial charge in [-0.15, -0.1) is 0 Å². The molecule has 1 N–H and O–H groups in total. The van der Waals surface area contributed by atoms with Gasteiger partial charge in [0.15, 0.2) is 5.60 Å². The molecule has 1 aromatic carbocycles. The van der Waals surface area contributed by atoms with E-state index in [-0.39, 0.29) is 24.3 Å². The van der Waals surface area contributed by atoms with Crippen molar-refractivity contribution in [3.63, 3.8) is 0 Å². The number of morpholine rings is 1. The highest BCUT2D eigenvalue weighted by Gasteiger charge is 2.45. The van der Waals surface area contributed by atoms with Crippen LogP contribution in [0.5, 0.6) is 0 Å². The fraction of sp³-hybridized carbons (Fsp3) is 0.435. The number of carbonyl (C=O) groups excluding carboxylic acids is 2. The van der Waals surface area contributed by atoms with Crippen molar-refractivity contribution >= 4 is 11.8 Å². The maximum atomic E-state index is 13.1. The van der Waals surface area contributed by atoms with Crippen molar-refractivity contribution in [2.45, 2.75) is 32.8 Å². The van der Waals surface area contributed by atoms with Crippen LogP contribution in [0.4, 0.5) is 0 Å². The monoisotopic (exact) mass is 395 g/mol. The number of nitrogens with one attached hydrogen (secondary N) is 1. The number of rotatable bonds is 6. The molecule has 1 saturated heterocycles. The van der Waals surface area contributed by atoms with Gasteiger partial charge in [0.05, 0.1) is 13.2 Å². The molecule has 6 nitrogen and oxygen atoms in total. The lowest BCUT2D eigenvalue weighted by atomic mass is 9.87. The second-order valence-corrected chi connectivity index (χ2v) is 7.69. The molecule has 1 aliphatic heterocycles. The Hall–Kier alpha value is -2.73. The fourth-order valence-corrected chi connectivity index (χ4v) is 3.77. The summed E-state index contributed by atoms with van der Waals surface area (Å²) in [5.74, 6) is -0.257. The molecule has 154 valence electrons. The smallest absolute Gasteiger partial charge is 0.254 e. The molecule has 6 heteroatoms. The van der Waals surface area contributed by atoms with Crippen LogP contribution in [0.1, 0.15) is 26.3 Å². The van der Waals surface area contributed by atoms with Crippen LogP contribution in [0.2, 0.25) is 0 Å². The number of nitrogens with zero attached hydrogens (tertiary/aromatic N) is 2. The van der Waals surface area contributed by atoms with Crippen LogP contribution >= 0.6 is 0 Å². The molecule has 1 unspecified atom stereocenters. The Kier molecular flexibility index (Phi) is 6.64. The summed E-state index contributed by atoms with van der Waals surface area (Å²) in [5.41, 5.74) is 1.88. The highest BCUT2D eigenvalue weighted by molar-refractivity contribution is 5.88. The molecular weight excluding hydrogens is 366 g/mol. The minimum Gasteiger partial charge on any atom is -0.361 e. The van der Waals surface area contributed by atoms with Gasteiger partial charge in [-0.1, -0.05) is 44.2 Å². The summed E-state index contributed by atoms with van der Waals surface area (Å²) in [5, 5.41) is 2.91. The van der Waals surface area contributed by atoms with E-state index < -0.39 is 5.60 Å². The molecule has 0 saturated carbocycles. The van der Waals surface area contributed by atoms with Gasteiger partial charge in [0, 0.05) is 43.4 Å². The van der Waals surface area contributed by atoms with Crippen molar-refractivity contribution in [1.82, 2.24) is 15.2 Å². The van der Waals surface area contributed by atoms with E-state index in [0.29, 0.717) is 26.1 Å². The Morgan fingerprint density at radius 2 is 2.03 bits per heavy atom. The molecule has 3 rings (SSSR count). The zero-order valence-corrected chi connectivity index (χ0v) is 17.4. The van der Waals surface area contributed by atoms with Gasteiger partial charge in [-0.2, -0.15) is 0 Å². The van der Waals surface area contributed by atoms with Crippen molar-refractivity contribution < 1.29 is 14.3 Å². The van der Waals surface area contributed by atoms with Gasteiger partial charge in [-0.25, -0.2) is 0 Å². The fourth-order valence-electron chi connectivity index (χ4n) is 3.77. The van der Waals surface area contributed by atoms with Gasteiger partial charge >= 0.3 is 0 Å². The van der Waals surface area contributed by atoms with E-state index in [2.05, 4.69) is 10.3 Å². The van der Waals surface area contributed by atoms with Gasteiger partial charge in [-0.05, 0) is 24.1 Å². The number of ether oxygens (including phenoxy) is 1. The largest absolute Gasteiger partial charge is 0.361 e. The summed E-state index contributed by atoms with van der Waals surface area (Å²) in [7, 11) is 0. The first-order valence-electron chi connectivity index (χ1n) is 10.2. The van der Waals surface area contributed by atoms with E-state index in [1.807, 2.05) is 63.4 Å². The normalized spacial score (nSPS) is 19.2. The standard InChI is InChI=1S/C23H29N3O3/c1-4-25-22(28)23(16-26(12-13-29-23)21(27)17(2)3)14-18-8-5-6-10-20(18)19-9-7-11-24-15-19/h5-11,15,17H,4,12-14,16H2,1-3H3,(H,25,28). The highest BCUT2D eigenvalue weighted by atomic mass is 16.5. The van der Waals surface area contributed by atoms with Crippen LogP contribution in [0.3, 0.4) is 0 Å². The summed E-state index contributed by atoms with van der Waals surface area (Å²) >= 11 is 0. The van der Waals surface area contributed by atoms with E-state index in [9.17, 15) is 9.59 Å². The van der Waals surface area contributed by atoms with E-state index in [1.54, 1.807) is 11.1 Å². The first-order chi connectivity index (χ1) is 14.0. The summed E-state index contributed by atoms with van der Waals surface area (Å²) < 4.78 is 6.11. The number of benzene rings is 1. The third-order valence-corrected chi connectivity index (χ3v) is 5.21. The minimum atomic E-state index is -1.11. The number of pyridine rings is 1. The highest BCUT2D eigenvalue weighted by Crippen LogP contribution is 2.30. The molecule has 1 fully saturated rings. The van der Waals surface area contributed by atoms with Crippen molar-refractivity contribution in [2.24, 2.45) is 5.92 Å². The summed E-state index contributed by atoms with van der Waals surface area (Å²) in [6.45, 7) is 7.23. The summed E-state index contributed by atoms with van der Waals surface area (Å²) in [6, 6.07) is 11.9. The van der Waals surface area contributed by atoms with Crippen LogP contribution in [0.15, 0.2) is 48.8 Å². The second kappa shape index (κ2) is 9.18. The average molecular weight is 396 g/mol. The number of amides is 2. The van der Waals surface area contributed by atoms with E-state index in [1.165, 1.54) is 0 Å². The van der Waals surface area contributed by atoms with Gasteiger partial charge in [0.25, 0.3) is 5.91 Å². The molecule has 0 spiro atoms. The number of likely N-dealkylation sites (N-methyl/N-ethyl adjacent to an activating group) is 1. The quantitative estimate of drug-likeness (QED) is 0.816. The van der Waals surface area contributed by atoms with Crippen molar-refractivity contribution in [3.05, 3.63) is 54.4 Å². The van der Waals surface area contributed by atoms with Crippen LogP contribution in [0.25, 0.3) is 11.1 Å². The molecule has 1 aromatic heterocycles. The lowest BCUT2D eigenvalue weighted by Crippen LogP contribution is -2.62. The minimum absolute atomic E-state index is 0.0440. The molecule has 2 aromatic rings. The van der Waals surface area contributed by atoms with E-state index >= 15 is 0 Å². The van der Waals surface area contributed by atoms with Crippen LogP contribution < -0.4 is 5.32 Å². The molecule has 0 radical (unpaired) electrons. The Balaban J connectivity index is 1.97. The maximum Gasteiger partial charge on any atom is 0.254 e. The van der Waals surface area contributed by atoms with Gasteiger partial charge in [-0.3, -0.25) is 14.6 Å². The third-order valence-electron chi connectivity index (χ3n) is 5.21. The van der Waals surface area contributed by atoms with E-state index in [0.717, 1.165) is 16.7 Å².